The highest BCUT2D eigenvalue weighted by Crippen LogP contribution is 2.32. The summed E-state index contributed by atoms with van der Waals surface area (Å²) in [5, 5.41) is 0. The van der Waals surface area contributed by atoms with Crippen LogP contribution in [0.2, 0.25) is 0 Å². The Balaban J connectivity index is 1.11. The quantitative estimate of drug-likeness (QED) is 0.389. The number of fused-ring (bicyclic) bond motifs is 1. The Kier molecular flexibility index (Phi) is 7.48. The number of hydrogen-bond acceptors (Lipinski definition) is 4. The van der Waals surface area contributed by atoms with Crippen LogP contribution in [0.1, 0.15) is 58.6 Å². The zero-order chi connectivity index (χ0) is 24.0. The first-order chi connectivity index (χ1) is 17.2. The number of aryl methyl sites for hydroxylation is 1. The number of carbonyl (C=O) groups excluding carboxylic acids is 1. The molecule has 0 spiro atoms. The fourth-order valence-electron chi connectivity index (χ4n) is 5.51. The van der Waals surface area contributed by atoms with Crippen molar-refractivity contribution in [3.8, 4) is 11.5 Å². The lowest BCUT2D eigenvalue weighted by molar-refractivity contribution is 0.0877. The second kappa shape index (κ2) is 11.1. The third kappa shape index (κ3) is 5.76. The summed E-state index contributed by atoms with van der Waals surface area (Å²) in [7, 11) is 1.67. The van der Waals surface area contributed by atoms with Crippen molar-refractivity contribution in [2.24, 2.45) is 5.92 Å². The van der Waals surface area contributed by atoms with Gasteiger partial charge in [-0.25, -0.2) is 0 Å². The number of methoxy groups -OCH3 is 1. The van der Waals surface area contributed by atoms with Gasteiger partial charge in [-0.05, 0) is 105 Å². The summed E-state index contributed by atoms with van der Waals surface area (Å²) in [6.45, 7) is 3.79. The molecule has 0 bridgehead atoms. The van der Waals surface area contributed by atoms with Crippen LogP contribution in [0.5, 0.6) is 11.5 Å². The van der Waals surface area contributed by atoms with Crippen LogP contribution in [0.3, 0.4) is 0 Å². The molecule has 1 aliphatic heterocycles. The first kappa shape index (κ1) is 23.6. The molecule has 0 radical (unpaired) electrons. The van der Waals surface area contributed by atoms with Crippen molar-refractivity contribution >= 4 is 5.78 Å². The molecule has 4 nitrogen and oxygen atoms in total. The minimum atomic E-state index is 0.139. The molecule has 35 heavy (non-hydrogen) atoms. The average Bonchev–Trinajstić information content (AvgIpc) is 2.92. The van der Waals surface area contributed by atoms with Crippen LogP contribution in [0.15, 0.2) is 72.8 Å². The summed E-state index contributed by atoms with van der Waals surface area (Å²) in [5.74, 6) is 2.80. The Bertz CT molecular complexity index is 1120. The van der Waals surface area contributed by atoms with Gasteiger partial charge in [-0.3, -0.25) is 4.79 Å². The predicted molar refractivity (Wildman–Crippen MR) is 139 cm³/mol. The van der Waals surface area contributed by atoms with Crippen LogP contribution in [0, 0.1) is 5.92 Å². The molecule has 0 N–H and O–H groups in total. The molecule has 3 aromatic carbocycles. The van der Waals surface area contributed by atoms with Crippen LogP contribution in [0.4, 0.5) is 0 Å². The van der Waals surface area contributed by atoms with Gasteiger partial charge in [0.1, 0.15) is 18.1 Å². The van der Waals surface area contributed by atoms with Gasteiger partial charge in [0.25, 0.3) is 0 Å². The summed E-state index contributed by atoms with van der Waals surface area (Å²) >= 11 is 0. The van der Waals surface area contributed by atoms with E-state index in [1.54, 1.807) is 7.11 Å². The van der Waals surface area contributed by atoms with E-state index in [0.29, 0.717) is 18.3 Å². The fraction of sp³-hybridized carbons (Fsp3) is 0.387. The van der Waals surface area contributed by atoms with E-state index < -0.39 is 0 Å². The fourth-order valence-corrected chi connectivity index (χ4v) is 5.51. The van der Waals surface area contributed by atoms with Crippen LogP contribution < -0.4 is 9.47 Å². The second-order valence-corrected chi connectivity index (χ2v) is 9.87. The average molecular weight is 470 g/mol. The molecule has 1 saturated heterocycles. The summed E-state index contributed by atoms with van der Waals surface area (Å²) < 4.78 is 11.2. The number of Topliss-reactive ketones (excluding diaryl/α,β-unsaturated/α-hetero) is 1. The molecule has 1 aliphatic carbocycles. The number of benzene rings is 3. The molecule has 1 heterocycles. The van der Waals surface area contributed by atoms with Gasteiger partial charge < -0.3 is 14.4 Å². The van der Waals surface area contributed by atoms with E-state index in [9.17, 15) is 4.79 Å². The summed E-state index contributed by atoms with van der Waals surface area (Å²) in [5.41, 5.74) is 4.58. The Morgan fingerprint density at radius 1 is 0.886 bits per heavy atom. The van der Waals surface area contributed by atoms with E-state index >= 15 is 0 Å². The SMILES string of the molecule is COc1ccc(COc2ccc3c(c2)CCC(CCN2CCC(c4ccccc4)CC2)C3=O)cc1. The van der Waals surface area contributed by atoms with Gasteiger partial charge in [0, 0.05) is 11.5 Å². The van der Waals surface area contributed by atoms with E-state index in [4.69, 9.17) is 9.47 Å². The number of ketones is 1. The predicted octanol–water partition coefficient (Wildman–Crippen LogP) is 6.29. The lowest BCUT2D eigenvalue weighted by Crippen LogP contribution is -2.35. The largest absolute Gasteiger partial charge is 0.497 e. The van der Waals surface area contributed by atoms with Crippen molar-refractivity contribution in [2.45, 2.75) is 44.6 Å². The maximum absolute atomic E-state index is 13.2. The number of ether oxygens (including phenoxy) is 2. The number of piperidine rings is 1. The molecule has 1 unspecified atom stereocenters. The van der Waals surface area contributed by atoms with E-state index in [1.807, 2.05) is 36.4 Å². The van der Waals surface area contributed by atoms with Crippen molar-refractivity contribution in [2.75, 3.05) is 26.7 Å². The van der Waals surface area contributed by atoms with Crippen molar-refractivity contribution in [1.29, 1.82) is 0 Å². The first-order valence-corrected chi connectivity index (χ1v) is 12.9. The van der Waals surface area contributed by atoms with E-state index in [0.717, 1.165) is 67.1 Å². The van der Waals surface area contributed by atoms with E-state index in [-0.39, 0.29) is 5.92 Å². The third-order valence-corrected chi connectivity index (χ3v) is 7.69. The van der Waals surface area contributed by atoms with Gasteiger partial charge >= 0.3 is 0 Å². The highest BCUT2D eigenvalue weighted by molar-refractivity contribution is 6.00. The van der Waals surface area contributed by atoms with Gasteiger partial charge in [-0.15, -0.1) is 0 Å². The van der Waals surface area contributed by atoms with Crippen LogP contribution in [-0.2, 0) is 13.0 Å². The lowest BCUT2D eigenvalue weighted by atomic mass is 9.80. The van der Waals surface area contributed by atoms with Crippen molar-refractivity contribution < 1.29 is 14.3 Å². The maximum Gasteiger partial charge on any atom is 0.166 e. The third-order valence-electron chi connectivity index (χ3n) is 7.69. The second-order valence-electron chi connectivity index (χ2n) is 9.87. The zero-order valence-corrected chi connectivity index (χ0v) is 20.6. The Labute approximate surface area is 208 Å². The molecular weight excluding hydrogens is 434 g/mol. The van der Waals surface area contributed by atoms with Gasteiger partial charge in [0.2, 0.25) is 0 Å². The normalized spacial score (nSPS) is 18.8. The molecule has 182 valence electrons. The lowest BCUT2D eigenvalue weighted by Gasteiger charge is -2.33. The number of carbonyl (C=O) groups is 1. The van der Waals surface area contributed by atoms with Crippen molar-refractivity contribution in [3.05, 3.63) is 95.1 Å². The number of nitrogens with zero attached hydrogens (tertiary/aromatic N) is 1. The van der Waals surface area contributed by atoms with Crippen molar-refractivity contribution in [1.82, 2.24) is 4.90 Å². The molecule has 1 fully saturated rings. The molecule has 0 amide bonds. The summed E-state index contributed by atoms with van der Waals surface area (Å²) in [4.78, 5) is 15.8. The standard InChI is InChI=1S/C31H35NO3/c1-34-28-11-7-23(8-12-28)22-35-29-13-14-30-27(21-29)10-9-26(31(30)33)17-20-32-18-15-25(16-19-32)24-5-3-2-4-6-24/h2-8,11-14,21,25-26H,9-10,15-20,22H2,1H3. The Morgan fingerprint density at radius 2 is 1.63 bits per heavy atom. The Morgan fingerprint density at radius 3 is 2.37 bits per heavy atom. The molecule has 2 aliphatic rings. The summed E-state index contributed by atoms with van der Waals surface area (Å²) in [6, 6.07) is 24.8. The minimum absolute atomic E-state index is 0.139. The zero-order valence-electron chi connectivity index (χ0n) is 20.6. The molecule has 3 aromatic rings. The smallest absolute Gasteiger partial charge is 0.166 e. The van der Waals surface area contributed by atoms with Crippen molar-refractivity contribution in [3.63, 3.8) is 0 Å². The first-order valence-electron chi connectivity index (χ1n) is 12.9. The number of likely N-dealkylation sites (tertiary alicyclic amines) is 1. The number of hydrogen-bond donors (Lipinski definition) is 0. The van der Waals surface area contributed by atoms with Gasteiger partial charge in [-0.2, -0.15) is 0 Å². The monoisotopic (exact) mass is 469 g/mol. The van der Waals surface area contributed by atoms with Crippen LogP contribution in [-0.4, -0.2) is 37.4 Å². The highest BCUT2D eigenvalue weighted by Gasteiger charge is 2.29. The highest BCUT2D eigenvalue weighted by atomic mass is 16.5. The summed E-state index contributed by atoms with van der Waals surface area (Å²) in [6.07, 6.45) is 5.27. The topological polar surface area (TPSA) is 38.8 Å². The van der Waals surface area contributed by atoms with E-state index in [2.05, 4.69) is 41.3 Å². The molecule has 4 heteroatoms. The van der Waals surface area contributed by atoms with E-state index in [1.165, 1.54) is 18.4 Å². The molecular formula is C31H35NO3. The van der Waals surface area contributed by atoms with Crippen LogP contribution in [0.25, 0.3) is 0 Å². The molecule has 5 rings (SSSR count). The molecule has 0 saturated carbocycles. The maximum atomic E-state index is 13.2. The van der Waals surface area contributed by atoms with Gasteiger partial charge in [0.05, 0.1) is 7.11 Å². The molecule has 0 aromatic heterocycles. The molecule has 1 atom stereocenters. The minimum Gasteiger partial charge on any atom is -0.497 e. The van der Waals surface area contributed by atoms with Crippen LogP contribution >= 0.6 is 0 Å². The van der Waals surface area contributed by atoms with Gasteiger partial charge in [-0.1, -0.05) is 42.5 Å². The number of rotatable bonds is 8. The Hall–Kier alpha value is -3.11. The van der Waals surface area contributed by atoms with Gasteiger partial charge in [0.15, 0.2) is 5.78 Å².